The summed E-state index contributed by atoms with van der Waals surface area (Å²) < 4.78 is 8.36. The molecule has 1 aromatic carbocycles. The Hall–Kier alpha value is -2.08. The van der Waals surface area contributed by atoms with Gasteiger partial charge < -0.3 is 10.1 Å². The maximum absolute atomic E-state index is 5.64. The van der Waals surface area contributed by atoms with E-state index in [0.717, 1.165) is 21.4 Å². The Morgan fingerprint density at radius 3 is 3.10 bits per heavy atom. The molecule has 0 saturated carbocycles. The summed E-state index contributed by atoms with van der Waals surface area (Å²) in [6.45, 7) is 0.596. The van der Waals surface area contributed by atoms with E-state index in [-0.39, 0.29) is 6.04 Å². The van der Waals surface area contributed by atoms with Crippen molar-refractivity contribution in [2.75, 3.05) is 11.9 Å². The quantitative estimate of drug-likeness (QED) is 0.784. The van der Waals surface area contributed by atoms with Crippen LogP contribution < -0.4 is 10.1 Å². The number of benzene rings is 1. The third-order valence-corrected chi connectivity index (χ3v) is 3.77. The second kappa shape index (κ2) is 4.49. The first-order valence-electron chi connectivity index (χ1n) is 6.30. The maximum atomic E-state index is 5.64. The minimum Gasteiger partial charge on any atom is -0.491 e. The molecule has 1 N–H and O–H groups in total. The lowest BCUT2D eigenvalue weighted by Gasteiger charge is -2.08. The molecule has 0 amide bonds. The molecule has 0 bridgehead atoms. The number of hydrogen-bond donors (Lipinski definition) is 1. The van der Waals surface area contributed by atoms with E-state index in [0.29, 0.717) is 12.6 Å². The van der Waals surface area contributed by atoms with Gasteiger partial charge in [0.2, 0.25) is 5.95 Å². The number of hydrogen-bond acceptors (Lipinski definition) is 4. The van der Waals surface area contributed by atoms with Crippen LogP contribution in [0.1, 0.15) is 11.6 Å². The van der Waals surface area contributed by atoms with Gasteiger partial charge in [-0.3, -0.25) is 0 Å². The van der Waals surface area contributed by atoms with Crippen LogP contribution in [-0.2, 0) is 0 Å². The van der Waals surface area contributed by atoms with Crippen LogP contribution in [-0.4, -0.2) is 21.2 Å². The number of nitrogens with zero attached hydrogens (tertiary/aromatic N) is 3. The van der Waals surface area contributed by atoms with Crippen molar-refractivity contribution in [3.8, 4) is 5.75 Å². The first kappa shape index (κ1) is 11.7. The third kappa shape index (κ3) is 1.92. The molecule has 4 rings (SSSR count). The first-order chi connectivity index (χ1) is 9.79. The fourth-order valence-corrected chi connectivity index (χ4v) is 2.68. The van der Waals surface area contributed by atoms with Crippen LogP contribution in [0.25, 0.3) is 5.65 Å². The van der Waals surface area contributed by atoms with Crippen molar-refractivity contribution in [2.24, 2.45) is 0 Å². The van der Waals surface area contributed by atoms with Crippen molar-refractivity contribution in [3.05, 3.63) is 52.6 Å². The summed E-state index contributed by atoms with van der Waals surface area (Å²) in [6, 6.07) is 12.0. The molecule has 1 unspecified atom stereocenters. The number of fused-ring (bicyclic) bond motifs is 2. The van der Waals surface area contributed by atoms with Crippen LogP contribution in [0, 0.1) is 0 Å². The van der Waals surface area contributed by atoms with E-state index < -0.39 is 0 Å². The van der Waals surface area contributed by atoms with E-state index in [1.807, 2.05) is 36.5 Å². The smallest absolute Gasteiger partial charge is 0.243 e. The topological polar surface area (TPSA) is 51.5 Å². The Balaban J connectivity index is 1.65. The van der Waals surface area contributed by atoms with Crippen LogP contribution in [0.4, 0.5) is 5.95 Å². The van der Waals surface area contributed by atoms with E-state index in [1.165, 1.54) is 0 Å². The van der Waals surface area contributed by atoms with Gasteiger partial charge in [-0.25, -0.2) is 4.52 Å². The number of halogens is 1. The van der Waals surface area contributed by atoms with Crippen molar-refractivity contribution in [3.63, 3.8) is 0 Å². The second-order valence-electron chi connectivity index (χ2n) is 4.63. The number of nitrogens with one attached hydrogen (secondary N) is 1. The van der Waals surface area contributed by atoms with Gasteiger partial charge in [-0.15, -0.1) is 5.10 Å². The van der Waals surface area contributed by atoms with Gasteiger partial charge in [-0.2, -0.15) is 4.98 Å². The Morgan fingerprint density at radius 2 is 2.15 bits per heavy atom. The fraction of sp³-hybridized carbons (Fsp3) is 0.143. The molecular formula is C14H11BrN4O. The van der Waals surface area contributed by atoms with Crippen molar-refractivity contribution < 1.29 is 4.74 Å². The normalized spacial score (nSPS) is 16.9. The third-order valence-electron chi connectivity index (χ3n) is 3.30. The summed E-state index contributed by atoms with van der Waals surface area (Å²) in [5.74, 6) is 1.53. The minimum atomic E-state index is 0.0899. The van der Waals surface area contributed by atoms with E-state index in [1.54, 1.807) is 4.52 Å². The van der Waals surface area contributed by atoms with Gasteiger partial charge in [0.1, 0.15) is 12.4 Å². The summed E-state index contributed by atoms with van der Waals surface area (Å²) >= 11 is 3.42. The predicted molar refractivity (Wildman–Crippen MR) is 79.0 cm³/mol. The fourth-order valence-electron chi connectivity index (χ4n) is 2.36. The maximum Gasteiger partial charge on any atom is 0.243 e. The number of anilines is 1. The molecule has 0 spiro atoms. The van der Waals surface area contributed by atoms with Gasteiger partial charge in [-0.05, 0) is 34.1 Å². The Morgan fingerprint density at radius 1 is 1.25 bits per heavy atom. The summed E-state index contributed by atoms with van der Waals surface area (Å²) in [5, 5.41) is 7.74. The van der Waals surface area contributed by atoms with Gasteiger partial charge in [0.05, 0.1) is 6.04 Å². The molecule has 0 saturated heterocycles. The van der Waals surface area contributed by atoms with E-state index >= 15 is 0 Å². The van der Waals surface area contributed by atoms with Crippen LogP contribution in [0.3, 0.4) is 0 Å². The highest BCUT2D eigenvalue weighted by Crippen LogP contribution is 2.33. The predicted octanol–water partition coefficient (Wildman–Crippen LogP) is 3.04. The minimum absolute atomic E-state index is 0.0899. The van der Waals surface area contributed by atoms with Gasteiger partial charge in [0, 0.05) is 16.2 Å². The molecule has 2 aromatic heterocycles. The number of pyridine rings is 1. The lowest BCUT2D eigenvalue weighted by Crippen LogP contribution is -2.13. The lowest BCUT2D eigenvalue weighted by atomic mass is 10.1. The molecule has 5 nitrogen and oxygen atoms in total. The summed E-state index contributed by atoms with van der Waals surface area (Å²) in [6.07, 6.45) is 1.88. The Kier molecular flexibility index (Phi) is 2.63. The number of aromatic nitrogens is 3. The average molecular weight is 331 g/mol. The van der Waals surface area contributed by atoms with Crippen molar-refractivity contribution >= 4 is 27.5 Å². The van der Waals surface area contributed by atoms with Crippen molar-refractivity contribution in [1.82, 2.24) is 14.6 Å². The van der Waals surface area contributed by atoms with Gasteiger partial charge >= 0.3 is 0 Å². The van der Waals surface area contributed by atoms with E-state index in [9.17, 15) is 0 Å². The van der Waals surface area contributed by atoms with E-state index in [2.05, 4.69) is 37.4 Å². The molecule has 100 valence electrons. The zero-order chi connectivity index (χ0) is 13.5. The van der Waals surface area contributed by atoms with Crippen LogP contribution in [0.2, 0.25) is 0 Å². The molecule has 1 aliphatic rings. The molecular weight excluding hydrogens is 320 g/mol. The van der Waals surface area contributed by atoms with Crippen molar-refractivity contribution in [1.29, 1.82) is 0 Å². The van der Waals surface area contributed by atoms with Gasteiger partial charge in [-0.1, -0.05) is 18.2 Å². The van der Waals surface area contributed by atoms with Crippen LogP contribution >= 0.6 is 15.9 Å². The zero-order valence-corrected chi connectivity index (χ0v) is 12.0. The Labute approximate surface area is 123 Å². The lowest BCUT2D eigenvalue weighted by molar-refractivity contribution is 0.339. The standard InChI is InChI=1S/C14H11BrN4O/c15-9-5-6-13-17-14(18-19(13)7-9)16-11-8-20-12-4-2-1-3-10(11)12/h1-7,11H,8H2,(H,16,18). The average Bonchev–Trinajstić information content (AvgIpc) is 3.03. The molecule has 0 aliphatic carbocycles. The van der Waals surface area contributed by atoms with Crippen LogP contribution in [0.5, 0.6) is 5.75 Å². The SMILES string of the molecule is Brc1ccc2nc(NC3COc4ccccc43)nn2c1. The molecule has 0 fully saturated rings. The number of ether oxygens (including phenoxy) is 1. The summed E-state index contributed by atoms with van der Waals surface area (Å²) in [7, 11) is 0. The highest BCUT2D eigenvalue weighted by atomic mass is 79.9. The monoisotopic (exact) mass is 330 g/mol. The molecule has 20 heavy (non-hydrogen) atoms. The second-order valence-corrected chi connectivity index (χ2v) is 5.55. The van der Waals surface area contributed by atoms with Gasteiger partial charge in [0.15, 0.2) is 5.65 Å². The van der Waals surface area contributed by atoms with Crippen LogP contribution in [0.15, 0.2) is 47.1 Å². The summed E-state index contributed by atoms with van der Waals surface area (Å²) in [5.41, 5.74) is 1.95. The molecule has 6 heteroatoms. The largest absolute Gasteiger partial charge is 0.491 e. The highest BCUT2D eigenvalue weighted by molar-refractivity contribution is 9.10. The molecule has 3 aromatic rings. The summed E-state index contributed by atoms with van der Waals surface area (Å²) in [4.78, 5) is 4.45. The molecule has 3 heterocycles. The number of rotatable bonds is 2. The zero-order valence-electron chi connectivity index (χ0n) is 10.5. The highest BCUT2D eigenvalue weighted by Gasteiger charge is 2.24. The molecule has 1 aliphatic heterocycles. The molecule has 1 atom stereocenters. The first-order valence-corrected chi connectivity index (χ1v) is 7.09. The van der Waals surface area contributed by atoms with Crippen molar-refractivity contribution in [2.45, 2.75) is 6.04 Å². The van der Waals surface area contributed by atoms with E-state index in [4.69, 9.17) is 4.74 Å². The van der Waals surface area contributed by atoms with Gasteiger partial charge in [0.25, 0.3) is 0 Å². The molecule has 0 radical (unpaired) electrons. The number of para-hydroxylation sites is 1. The Bertz CT molecular complexity index is 786.